The van der Waals surface area contributed by atoms with Gasteiger partial charge in [0.1, 0.15) is 11.5 Å². The molecular weight excluding hydrogens is 548 g/mol. The maximum Gasteiger partial charge on any atom is 0.262 e. The molecule has 10 heteroatoms. The van der Waals surface area contributed by atoms with Crippen molar-refractivity contribution in [2.75, 3.05) is 22.7 Å². The molecule has 0 unspecified atom stereocenters. The van der Waals surface area contributed by atoms with Gasteiger partial charge in [-0.1, -0.05) is 59.7 Å². The third-order valence-corrected chi connectivity index (χ3v) is 8.74. The van der Waals surface area contributed by atoms with Crippen LogP contribution in [0.2, 0.25) is 0 Å². The maximum atomic E-state index is 12.8. The lowest BCUT2D eigenvalue weighted by atomic mass is 10.2. The number of hydrogen-bond donors (Lipinski definition) is 2. The Morgan fingerprint density at radius 2 is 0.875 bits per heavy atom. The number of hydrogen-bond acceptors (Lipinski definition) is 6. The summed E-state index contributed by atoms with van der Waals surface area (Å²) in [4.78, 5) is 0.345. The van der Waals surface area contributed by atoms with Crippen LogP contribution >= 0.6 is 0 Å². The van der Waals surface area contributed by atoms with Gasteiger partial charge < -0.3 is 9.47 Å². The number of sulfonamides is 2. The van der Waals surface area contributed by atoms with Gasteiger partial charge >= 0.3 is 0 Å². The average Bonchev–Trinajstić information content (AvgIpc) is 2.92. The van der Waals surface area contributed by atoms with Crippen LogP contribution in [-0.4, -0.2) is 30.0 Å². The number of anilines is 2. The molecule has 0 spiro atoms. The van der Waals surface area contributed by atoms with Crippen LogP contribution in [0.1, 0.15) is 24.0 Å². The van der Waals surface area contributed by atoms with Crippen molar-refractivity contribution < 1.29 is 26.3 Å². The molecule has 0 saturated carbocycles. The fourth-order valence-corrected chi connectivity index (χ4v) is 5.91. The minimum absolute atomic E-state index is 0.173. The van der Waals surface area contributed by atoms with Gasteiger partial charge in [-0.15, -0.1) is 0 Å². The van der Waals surface area contributed by atoms with Crippen molar-refractivity contribution in [3.05, 3.63) is 108 Å². The van der Waals surface area contributed by atoms with Crippen LogP contribution in [0.15, 0.2) is 107 Å². The summed E-state index contributed by atoms with van der Waals surface area (Å²) in [6.45, 7) is 4.47. The molecule has 0 aromatic heterocycles. The van der Waals surface area contributed by atoms with Crippen molar-refractivity contribution in [2.24, 2.45) is 0 Å². The molecule has 0 fully saturated rings. The van der Waals surface area contributed by atoms with Gasteiger partial charge in [0.2, 0.25) is 0 Å². The molecule has 4 rings (SSSR count). The second-order valence-electron chi connectivity index (χ2n) is 9.23. The predicted octanol–water partition coefficient (Wildman–Crippen LogP) is 6.14. The Kier molecular flexibility index (Phi) is 9.34. The van der Waals surface area contributed by atoms with Crippen molar-refractivity contribution in [1.82, 2.24) is 0 Å². The summed E-state index contributed by atoms with van der Waals surface area (Å²) in [7, 11) is -7.52. The molecule has 2 N–H and O–H groups in total. The van der Waals surface area contributed by atoms with Gasteiger partial charge in [0.05, 0.1) is 34.4 Å². The smallest absolute Gasteiger partial charge is 0.262 e. The van der Waals surface area contributed by atoms with Crippen LogP contribution in [0.4, 0.5) is 11.4 Å². The fraction of sp³-hybridized carbons (Fsp3) is 0.200. The van der Waals surface area contributed by atoms with E-state index in [1.165, 1.54) is 0 Å². The topological polar surface area (TPSA) is 111 Å². The maximum absolute atomic E-state index is 12.8. The van der Waals surface area contributed by atoms with Gasteiger partial charge in [-0.3, -0.25) is 9.44 Å². The molecule has 0 saturated heterocycles. The van der Waals surface area contributed by atoms with Crippen molar-refractivity contribution in [3.63, 3.8) is 0 Å². The Labute approximate surface area is 236 Å². The van der Waals surface area contributed by atoms with E-state index in [2.05, 4.69) is 9.44 Å². The summed E-state index contributed by atoms with van der Waals surface area (Å²) in [5, 5.41) is 0. The molecule has 0 amide bonds. The molecule has 0 radical (unpaired) electrons. The summed E-state index contributed by atoms with van der Waals surface area (Å²) in [6, 6.07) is 27.0. The van der Waals surface area contributed by atoms with Crippen molar-refractivity contribution in [1.29, 1.82) is 0 Å². The highest BCUT2D eigenvalue weighted by Gasteiger charge is 2.17. The van der Waals surface area contributed by atoms with E-state index in [-0.39, 0.29) is 9.79 Å². The second kappa shape index (κ2) is 12.9. The molecule has 8 nitrogen and oxygen atoms in total. The third kappa shape index (κ3) is 7.77. The molecule has 0 aliphatic carbocycles. The van der Waals surface area contributed by atoms with E-state index in [0.717, 1.165) is 11.1 Å². The summed E-state index contributed by atoms with van der Waals surface area (Å²) in [5.41, 5.74) is 2.65. The van der Waals surface area contributed by atoms with Crippen molar-refractivity contribution >= 4 is 31.4 Å². The Morgan fingerprint density at radius 1 is 0.525 bits per heavy atom. The molecular formula is C30H32N2O6S2. The van der Waals surface area contributed by atoms with Gasteiger partial charge in [-0.05, 0) is 75.2 Å². The molecule has 4 aromatic rings. The van der Waals surface area contributed by atoms with Gasteiger partial charge in [0, 0.05) is 0 Å². The second-order valence-corrected chi connectivity index (χ2v) is 12.6. The Hall–Kier alpha value is -4.02. The van der Waals surface area contributed by atoms with E-state index >= 15 is 0 Å². The van der Waals surface area contributed by atoms with Gasteiger partial charge in [0.15, 0.2) is 0 Å². The highest BCUT2D eigenvalue weighted by atomic mass is 32.2. The monoisotopic (exact) mass is 580 g/mol. The highest BCUT2D eigenvalue weighted by Crippen LogP contribution is 2.28. The number of nitrogens with one attached hydrogen (secondary N) is 2. The Balaban J connectivity index is 1.28. The minimum Gasteiger partial charge on any atom is -0.491 e. The molecule has 4 aromatic carbocycles. The quantitative estimate of drug-likeness (QED) is 0.184. The van der Waals surface area contributed by atoms with E-state index in [1.54, 1.807) is 97.1 Å². The van der Waals surface area contributed by atoms with E-state index in [0.29, 0.717) is 48.9 Å². The highest BCUT2D eigenvalue weighted by molar-refractivity contribution is 7.93. The van der Waals surface area contributed by atoms with E-state index in [1.807, 2.05) is 13.8 Å². The lowest BCUT2D eigenvalue weighted by Crippen LogP contribution is -2.14. The first-order valence-electron chi connectivity index (χ1n) is 12.8. The number of rotatable bonds is 13. The van der Waals surface area contributed by atoms with Crippen LogP contribution in [0.3, 0.4) is 0 Å². The molecule has 40 heavy (non-hydrogen) atoms. The normalized spacial score (nSPS) is 11.6. The fourth-order valence-electron chi connectivity index (χ4n) is 3.76. The summed E-state index contributed by atoms with van der Waals surface area (Å²) < 4.78 is 68.1. The Morgan fingerprint density at radius 3 is 1.25 bits per heavy atom. The zero-order valence-electron chi connectivity index (χ0n) is 22.3. The number of para-hydroxylation sites is 4. The zero-order valence-corrected chi connectivity index (χ0v) is 24.0. The summed E-state index contributed by atoms with van der Waals surface area (Å²) >= 11 is 0. The van der Waals surface area contributed by atoms with Crippen molar-refractivity contribution in [2.45, 2.75) is 36.5 Å². The SMILES string of the molecule is Cc1ccc(S(=O)(=O)Nc2ccccc2OCCCCOc2ccccc2NS(=O)(=O)c2ccc(C)cc2)cc1. The van der Waals surface area contributed by atoms with Crippen molar-refractivity contribution in [3.8, 4) is 11.5 Å². The third-order valence-electron chi connectivity index (χ3n) is 5.98. The minimum atomic E-state index is -3.76. The summed E-state index contributed by atoms with van der Waals surface area (Å²) in [6.07, 6.45) is 1.27. The first-order chi connectivity index (χ1) is 19.1. The first kappa shape index (κ1) is 29.0. The molecule has 210 valence electrons. The van der Waals surface area contributed by atoms with Crippen LogP contribution < -0.4 is 18.9 Å². The van der Waals surface area contributed by atoms with Crippen LogP contribution in [0.5, 0.6) is 11.5 Å². The van der Waals surface area contributed by atoms with Gasteiger partial charge in [0.25, 0.3) is 20.0 Å². The average molecular weight is 581 g/mol. The predicted molar refractivity (Wildman–Crippen MR) is 157 cm³/mol. The van der Waals surface area contributed by atoms with Crippen LogP contribution in [-0.2, 0) is 20.0 Å². The largest absolute Gasteiger partial charge is 0.491 e. The number of ether oxygens (including phenoxy) is 2. The summed E-state index contributed by atoms with van der Waals surface area (Å²) in [5.74, 6) is 0.852. The molecule has 0 aliphatic rings. The van der Waals surface area contributed by atoms with Crippen LogP contribution in [0.25, 0.3) is 0 Å². The zero-order chi connectivity index (χ0) is 28.6. The van der Waals surface area contributed by atoms with Crippen LogP contribution in [0, 0.1) is 13.8 Å². The molecule has 0 bridgehead atoms. The van der Waals surface area contributed by atoms with E-state index in [9.17, 15) is 16.8 Å². The molecule has 0 aliphatic heterocycles. The van der Waals surface area contributed by atoms with E-state index < -0.39 is 20.0 Å². The number of unbranched alkanes of at least 4 members (excludes halogenated alkanes) is 1. The van der Waals surface area contributed by atoms with Gasteiger partial charge in [-0.2, -0.15) is 0 Å². The van der Waals surface area contributed by atoms with E-state index in [4.69, 9.17) is 9.47 Å². The lowest BCUT2D eigenvalue weighted by Gasteiger charge is -2.15. The van der Waals surface area contributed by atoms with Gasteiger partial charge in [-0.25, -0.2) is 16.8 Å². The molecule has 0 heterocycles. The number of benzene rings is 4. The Bertz CT molecular complexity index is 1510. The number of aryl methyl sites for hydroxylation is 2. The molecule has 0 atom stereocenters. The standard InChI is InChI=1S/C30H32N2O6S2/c1-23-13-17-25(18-14-23)39(33,34)31-27-9-3-5-11-29(27)37-21-7-8-22-38-30-12-6-4-10-28(30)32-40(35,36)26-19-15-24(2)16-20-26/h3-6,9-20,31-32H,7-8,21-22H2,1-2H3. The first-order valence-corrected chi connectivity index (χ1v) is 15.7. The lowest BCUT2D eigenvalue weighted by molar-refractivity contribution is 0.268.